The number of carbonyl (C=O) groups is 1. The van der Waals surface area contributed by atoms with Crippen LogP contribution in [0.4, 0.5) is 18.3 Å². The molecule has 37 heavy (non-hydrogen) atoms. The van der Waals surface area contributed by atoms with Crippen LogP contribution in [0.5, 0.6) is 17.5 Å². The van der Waals surface area contributed by atoms with Crippen molar-refractivity contribution < 1.29 is 32.2 Å². The van der Waals surface area contributed by atoms with Crippen molar-refractivity contribution in [3.63, 3.8) is 0 Å². The van der Waals surface area contributed by atoms with Gasteiger partial charge in [0.25, 0.3) is 5.91 Å². The van der Waals surface area contributed by atoms with E-state index in [9.17, 15) is 18.0 Å². The first-order valence-corrected chi connectivity index (χ1v) is 12.7. The highest BCUT2D eigenvalue weighted by Crippen LogP contribution is 2.55. The van der Waals surface area contributed by atoms with Gasteiger partial charge in [-0.3, -0.25) is 10.1 Å². The topological polar surface area (TPSA) is 95.5 Å². The van der Waals surface area contributed by atoms with Gasteiger partial charge in [-0.1, -0.05) is 24.7 Å². The largest absolute Gasteiger partial charge is 0.481 e. The quantitative estimate of drug-likeness (QED) is 0.424. The number of benzene rings is 1. The third kappa shape index (κ3) is 4.47. The minimum Gasteiger partial charge on any atom is -0.481 e. The fourth-order valence-corrected chi connectivity index (χ4v) is 6.16. The van der Waals surface area contributed by atoms with Crippen molar-refractivity contribution >= 4 is 22.4 Å². The maximum absolute atomic E-state index is 13.5. The fourth-order valence-electron chi connectivity index (χ4n) is 5.00. The van der Waals surface area contributed by atoms with Crippen LogP contribution < -0.4 is 19.5 Å². The third-order valence-electron chi connectivity index (χ3n) is 7.01. The van der Waals surface area contributed by atoms with Crippen molar-refractivity contribution in [2.45, 2.75) is 50.8 Å². The molecule has 3 aromatic rings. The summed E-state index contributed by atoms with van der Waals surface area (Å²) in [5.41, 5.74) is -0.594. The second kappa shape index (κ2) is 9.47. The van der Waals surface area contributed by atoms with Crippen LogP contribution in [0.3, 0.4) is 0 Å². The zero-order chi connectivity index (χ0) is 26.4. The summed E-state index contributed by atoms with van der Waals surface area (Å²) in [4.78, 5) is 26.6. The zero-order valence-electron chi connectivity index (χ0n) is 20.4. The summed E-state index contributed by atoms with van der Waals surface area (Å²) in [5.74, 6) is 0.172. The van der Waals surface area contributed by atoms with Crippen LogP contribution >= 0.6 is 11.3 Å². The standard InChI is InChI=1S/C25H25F3N4O4S/c1-4-13-7-9-24(10-8-13)19-18(15-6-5-14(25(26,27)28)11-16(15)36-24)31-23(37-19)32-20(33)17-21(34-2)29-12-30-22(17)35-3/h5-6,11-13H,4,7-10H2,1-3H3,(H,31,32,33). The Morgan fingerprint density at radius 3 is 2.46 bits per heavy atom. The van der Waals surface area contributed by atoms with E-state index in [-0.39, 0.29) is 28.2 Å². The van der Waals surface area contributed by atoms with Crippen LogP contribution in [0.2, 0.25) is 0 Å². The molecule has 1 fully saturated rings. The van der Waals surface area contributed by atoms with Gasteiger partial charge in [0.2, 0.25) is 11.8 Å². The Balaban J connectivity index is 1.56. The minimum atomic E-state index is -4.50. The summed E-state index contributed by atoms with van der Waals surface area (Å²) in [6, 6.07) is 3.44. The molecule has 1 spiro atoms. The highest BCUT2D eigenvalue weighted by molar-refractivity contribution is 7.16. The Morgan fingerprint density at radius 1 is 1.19 bits per heavy atom. The number of methoxy groups -OCH3 is 2. The van der Waals surface area contributed by atoms with Gasteiger partial charge in [-0.2, -0.15) is 13.2 Å². The Kier molecular flexibility index (Phi) is 6.47. The maximum Gasteiger partial charge on any atom is 0.416 e. The van der Waals surface area contributed by atoms with Gasteiger partial charge in [-0.15, -0.1) is 0 Å². The first-order valence-electron chi connectivity index (χ1n) is 11.9. The number of anilines is 1. The summed E-state index contributed by atoms with van der Waals surface area (Å²) in [6.45, 7) is 2.14. The molecule has 1 aromatic carbocycles. The third-order valence-corrected chi connectivity index (χ3v) is 8.17. The number of ether oxygens (including phenoxy) is 3. The van der Waals surface area contributed by atoms with E-state index in [1.807, 2.05) is 0 Å². The highest BCUT2D eigenvalue weighted by atomic mass is 32.1. The molecule has 0 unspecified atom stereocenters. The van der Waals surface area contributed by atoms with Crippen LogP contribution in [0.15, 0.2) is 24.5 Å². The van der Waals surface area contributed by atoms with Crippen molar-refractivity contribution in [2.24, 2.45) is 5.92 Å². The van der Waals surface area contributed by atoms with Crippen molar-refractivity contribution in [3.8, 4) is 28.8 Å². The van der Waals surface area contributed by atoms with Gasteiger partial charge in [-0.25, -0.2) is 15.0 Å². The lowest BCUT2D eigenvalue weighted by Crippen LogP contribution is -2.39. The normalized spacial score (nSPS) is 20.5. The van der Waals surface area contributed by atoms with E-state index in [0.717, 1.165) is 36.3 Å². The molecule has 3 heterocycles. The molecule has 1 aliphatic heterocycles. The molecular formula is C25H25F3N4O4S. The van der Waals surface area contributed by atoms with E-state index in [2.05, 4.69) is 27.2 Å². The summed E-state index contributed by atoms with van der Waals surface area (Å²) >= 11 is 1.26. The number of aromatic nitrogens is 3. The van der Waals surface area contributed by atoms with Crippen LogP contribution in [0, 0.1) is 5.92 Å². The number of nitrogens with zero attached hydrogens (tertiary/aromatic N) is 3. The molecule has 5 rings (SSSR count). The molecule has 1 saturated carbocycles. The van der Waals surface area contributed by atoms with Gasteiger partial charge in [0.1, 0.15) is 17.7 Å². The van der Waals surface area contributed by atoms with Crippen molar-refractivity contribution in [1.82, 2.24) is 15.0 Å². The van der Waals surface area contributed by atoms with Gasteiger partial charge < -0.3 is 14.2 Å². The van der Waals surface area contributed by atoms with Crippen LogP contribution in [0.1, 0.15) is 59.8 Å². The number of thiazole rings is 1. The molecule has 1 amide bonds. The predicted molar refractivity (Wildman–Crippen MR) is 130 cm³/mol. The van der Waals surface area contributed by atoms with Gasteiger partial charge in [-0.05, 0) is 49.8 Å². The Morgan fingerprint density at radius 2 is 1.86 bits per heavy atom. The lowest BCUT2D eigenvalue weighted by molar-refractivity contribution is -0.137. The van der Waals surface area contributed by atoms with Crippen molar-refractivity contribution in [1.29, 1.82) is 0 Å². The van der Waals surface area contributed by atoms with Gasteiger partial charge in [0, 0.05) is 5.56 Å². The van der Waals surface area contributed by atoms with Crippen LogP contribution in [-0.4, -0.2) is 35.1 Å². The van der Waals surface area contributed by atoms with E-state index in [1.54, 1.807) is 0 Å². The average molecular weight is 535 g/mol. The molecular weight excluding hydrogens is 509 g/mol. The number of amides is 1. The Hall–Kier alpha value is -3.41. The highest BCUT2D eigenvalue weighted by Gasteiger charge is 2.47. The molecule has 2 aromatic heterocycles. The molecule has 0 atom stereocenters. The maximum atomic E-state index is 13.5. The molecule has 1 aliphatic carbocycles. The lowest BCUT2D eigenvalue weighted by atomic mass is 9.75. The van der Waals surface area contributed by atoms with Gasteiger partial charge >= 0.3 is 6.18 Å². The second-order valence-corrected chi connectivity index (χ2v) is 10.1. The summed E-state index contributed by atoms with van der Waals surface area (Å²) in [5, 5.41) is 3.04. The van der Waals surface area contributed by atoms with E-state index < -0.39 is 23.2 Å². The summed E-state index contributed by atoms with van der Waals surface area (Å²) in [7, 11) is 2.75. The van der Waals surface area contributed by atoms with E-state index >= 15 is 0 Å². The van der Waals surface area contributed by atoms with Gasteiger partial charge in [0.05, 0.1) is 30.4 Å². The molecule has 1 N–H and O–H groups in total. The summed E-state index contributed by atoms with van der Waals surface area (Å²) < 4.78 is 57.2. The molecule has 0 bridgehead atoms. The smallest absolute Gasteiger partial charge is 0.416 e. The Bertz CT molecular complexity index is 1310. The number of alkyl halides is 3. The SMILES string of the molecule is CCC1CCC2(CC1)Oc1cc(C(F)(F)F)ccc1-c1nc(NC(=O)c3c(OC)ncnc3OC)sc12. The zero-order valence-corrected chi connectivity index (χ0v) is 21.3. The molecule has 2 aliphatic rings. The van der Waals surface area contributed by atoms with E-state index in [0.29, 0.717) is 30.0 Å². The monoisotopic (exact) mass is 534 g/mol. The predicted octanol–water partition coefficient (Wildman–Crippen LogP) is 6.08. The lowest BCUT2D eigenvalue weighted by Gasteiger charge is -2.42. The van der Waals surface area contributed by atoms with Gasteiger partial charge in [0.15, 0.2) is 10.7 Å². The number of halogens is 3. The van der Waals surface area contributed by atoms with Crippen molar-refractivity contribution in [3.05, 3.63) is 40.5 Å². The molecule has 12 heteroatoms. The summed E-state index contributed by atoms with van der Waals surface area (Å²) in [6.07, 6.45) is 0.832. The van der Waals surface area contributed by atoms with E-state index in [1.165, 1.54) is 38.0 Å². The Labute approximate surface area is 215 Å². The number of hydrogen-bond donors (Lipinski definition) is 1. The molecule has 0 saturated heterocycles. The first kappa shape index (κ1) is 25.2. The number of nitrogens with one attached hydrogen (secondary N) is 1. The first-order chi connectivity index (χ1) is 17.7. The molecule has 8 nitrogen and oxygen atoms in total. The minimum absolute atomic E-state index is 0.00492. The van der Waals surface area contributed by atoms with Crippen LogP contribution in [0.25, 0.3) is 11.3 Å². The molecule has 196 valence electrons. The number of fused-ring (bicyclic) bond motifs is 4. The number of rotatable bonds is 5. The number of carbonyl (C=O) groups excluding carboxylic acids is 1. The van der Waals surface area contributed by atoms with Crippen LogP contribution in [-0.2, 0) is 11.8 Å². The fraction of sp³-hybridized carbons (Fsp3) is 0.440. The number of hydrogen-bond acceptors (Lipinski definition) is 8. The molecule has 0 radical (unpaired) electrons. The second-order valence-electron chi connectivity index (χ2n) is 9.07. The van der Waals surface area contributed by atoms with E-state index in [4.69, 9.17) is 14.2 Å². The average Bonchev–Trinajstić information content (AvgIpc) is 3.32. The van der Waals surface area contributed by atoms with Crippen molar-refractivity contribution in [2.75, 3.05) is 19.5 Å².